The highest BCUT2D eigenvalue weighted by Gasteiger charge is 2.32. The summed E-state index contributed by atoms with van der Waals surface area (Å²) in [7, 11) is 0. The largest absolute Gasteiger partial charge is 0.457 e. The molecule has 2 aromatic heterocycles. The molecule has 0 spiro atoms. The average Bonchev–Trinajstić information content (AvgIpc) is 3.63. The molecule has 5 heteroatoms. The van der Waals surface area contributed by atoms with Crippen molar-refractivity contribution in [2.75, 3.05) is 16.5 Å². The van der Waals surface area contributed by atoms with Crippen LogP contribution in [0.25, 0.3) is 27.6 Å². The van der Waals surface area contributed by atoms with Crippen molar-refractivity contribution >= 4 is 33.2 Å². The number of hydrogen-bond acceptors (Lipinski definition) is 4. The number of allylic oxidation sites excluding steroid dienone is 1. The van der Waals surface area contributed by atoms with Crippen molar-refractivity contribution in [3.63, 3.8) is 0 Å². The molecule has 0 radical (unpaired) electrons. The lowest BCUT2D eigenvalue weighted by atomic mass is 9.88. The first-order valence-corrected chi connectivity index (χ1v) is 16.9. The zero-order valence-corrected chi connectivity index (χ0v) is 29.7. The van der Waals surface area contributed by atoms with Crippen LogP contribution >= 0.6 is 0 Å². The normalized spacial score (nSPS) is 13.9. The second-order valence-corrected chi connectivity index (χ2v) is 15.3. The first-order chi connectivity index (χ1) is 22.8. The molecule has 0 saturated heterocycles. The molecular weight excluding hydrogens is 589 g/mol. The zero-order chi connectivity index (χ0) is 34.0. The molecular formula is C43H46N4O. The maximum atomic E-state index is 6.61. The molecule has 7 rings (SSSR count). The van der Waals surface area contributed by atoms with Crippen LogP contribution < -0.4 is 14.5 Å². The molecule has 0 atom stereocenters. The monoisotopic (exact) mass is 634 g/mol. The van der Waals surface area contributed by atoms with Gasteiger partial charge in [-0.05, 0) is 97.0 Å². The Hall–Kier alpha value is -5.03. The van der Waals surface area contributed by atoms with E-state index in [0.29, 0.717) is 0 Å². The summed E-state index contributed by atoms with van der Waals surface area (Å²) in [4.78, 5) is 9.63. The van der Waals surface area contributed by atoms with Gasteiger partial charge >= 0.3 is 0 Å². The third kappa shape index (κ3) is 5.72. The summed E-state index contributed by atoms with van der Waals surface area (Å²) in [5.74, 6) is 2.50. The molecule has 0 saturated carbocycles. The second-order valence-electron chi connectivity index (χ2n) is 15.3. The highest BCUT2D eigenvalue weighted by molar-refractivity contribution is 6.09. The molecule has 0 amide bonds. The summed E-state index contributed by atoms with van der Waals surface area (Å²) in [5, 5.41) is 2.37. The molecule has 3 heterocycles. The van der Waals surface area contributed by atoms with Crippen molar-refractivity contribution in [1.29, 1.82) is 0 Å². The average molecular weight is 635 g/mol. The van der Waals surface area contributed by atoms with E-state index in [2.05, 4.69) is 168 Å². The molecule has 5 nitrogen and oxygen atoms in total. The van der Waals surface area contributed by atoms with Gasteiger partial charge < -0.3 is 14.5 Å². The van der Waals surface area contributed by atoms with Crippen LogP contribution in [0.2, 0.25) is 0 Å². The lowest BCUT2D eigenvalue weighted by molar-refractivity contribution is 0.483. The predicted molar refractivity (Wildman–Crippen MR) is 202 cm³/mol. The van der Waals surface area contributed by atoms with Gasteiger partial charge in [-0.15, -0.1) is 0 Å². The minimum Gasteiger partial charge on any atom is -0.457 e. The van der Waals surface area contributed by atoms with E-state index < -0.39 is 0 Å². The number of benzene rings is 4. The van der Waals surface area contributed by atoms with Gasteiger partial charge in [-0.25, -0.2) is 4.98 Å². The molecule has 0 fully saturated rings. The SMILES string of the molecule is Cc1cc(C)c(N2CN(c3cccc(Oc4ccc5c6ccccc6n(-c6cc(C(C)(C)C)ccn6)c5c4)c3)C=C2C(C)(C)C)cc1C. The summed E-state index contributed by atoms with van der Waals surface area (Å²) in [5.41, 5.74) is 11.0. The van der Waals surface area contributed by atoms with Gasteiger partial charge in [-0.2, -0.15) is 0 Å². The highest BCUT2D eigenvalue weighted by Crippen LogP contribution is 2.41. The van der Waals surface area contributed by atoms with Crippen LogP contribution in [0, 0.1) is 26.2 Å². The van der Waals surface area contributed by atoms with Gasteiger partial charge in [0.2, 0.25) is 0 Å². The third-order valence-corrected chi connectivity index (χ3v) is 9.61. The summed E-state index contributed by atoms with van der Waals surface area (Å²) in [6.45, 7) is 20.9. The van der Waals surface area contributed by atoms with Crippen molar-refractivity contribution in [2.45, 2.75) is 67.7 Å². The molecule has 0 aliphatic carbocycles. The molecule has 6 aromatic rings. The molecule has 1 aliphatic rings. The summed E-state index contributed by atoms with van der Waals surface area (Å²) in [6, 6.07) is 32.3. The van der Waals surface area contributed by atoms with Crippen LogP contribution in [0.3, 0.4) is 0 Å². The maximum absolute atomic E-state index is 6.61. The fraction of sp³-hybridized carbons (Fsp3) is 0.279. The van der Waals surface area contributed by atoms with Crippen LogP contribution in [0.1, 0.15) is 63.8 Å². The van der Waals surface area contributed by atoms with Crippen LogP contribution in [-0.2, 0) is 5.41 Å². The number of aryl methyl sites for hydroxylation is 3. The number of ether oxygens (including phenoxy) is 1. The standard InChI is InChI=1S/C43H46N4O/c1-28-21-30(3)38(22-29(28)2)46-27-45(26-40(46)43(7,8)9)32-13-12-14-33(24-32)48-34-17-18-36-35-15-10-11-16-37(35)47(39(36)25-34)41-23-31(19-20-44-41)42(4,5)6/h10-26H,27H2,1-9H3. The minimum absolute atomic E-state index is 0.0167. The summed E-state index contributed by atoms with van der Waals surface area (Å²) in [6.07, 6.45) is 4.22. The Morgan fingerprint density at radius 2 is 1.38 bits per heavy atom. The molecule has 48 heavy (non-hydrogen) atoms. The lowest BCUT2D eigenvalue weighted by Gasteiger charge is -2.32. The van der Waals surface area contributed by atoms with E-state index in [4.69, 9.17) is 9.72 Å². The van der Waals surface area contributed by atoms with Crippen LogP contribution in [0.15, 0.2) is 109 Å². The second kappa shape index (κ2) is 11.6. The fourth-order valence-corrected chi connectivity index (χ4v) is 6.81. The van der Waals surface area contributed by atoms with E-state index in [1.165, 1.54) is 44.4 Å². The molecule has 1 aliphatic heterocycles. The molecule has 244 valence electrons. The van der Waals surface area contributed by atoms with Gasteiger partial charge in [0.15, 0.2) is 0 Å². The Labute approximate surface area is 285 Å². The van der Waals surface area contributed by atoms with Crippen LogP contribution in [-0.4, -0.2) is 16.2 Å². The van der Waals surface area contributed by atoms with Gasteiger partial charge in [0, 0.05) is 57.8 Å². The van der Waals surface area contributed by atoms with Crippen LogP contribution in [0.4, 0.5) is 11.4 Å². The number of nitrogens with zero attached hydrogens (tertiary/aromatic N) is 4. The Kier molecular flexibility index (Phi) is 7.62. The summed E-state index contributed by atoms with van der Waals surface area (Å²) >= 11 is 0. The van der Waals surface area contributed by atoms with E-state index in [0.717, 1.165) is 40.7 Å². The number of pyridine rings is 1. The number of aromatic nitrogens is 2. The van der Waals surface area contributed by atoms with Gasteiger partial charge in [0.25, 0.3) is 0 Å². The van der Waals surface area contributed by atoms with E-state index in [9.17, 15) is 0 Å². The minimum atomic E-state index is -0.0246. The van der Waals surface area contributed by atoms with Gasteiger partial charge in [0.1, 0.15) is 17.3 Å². The highest BCUT2D eigenvalue weighted by atomic mass is 16.5. The van der Waals surface area contributed by atoms with Crippen molar-refractivity contribution < 1.29 is 4.74 Å². The van der Waals surface area contributed by atoms with Crippen molar-refractivity contribution in [3.8, 4) is 17.3 Å². The Balaban J connectivity index is 1.24. The van der Waals surface area contributed by atoms with E-state index in [1.807, 2.05) is 12.3 Å². The quantitative estimate of drug-likeness (QED) is 0.189. The first kappa shape index (κ1) is 31.6. The fourth-order valence-electron chi connectivity index (χ4n) is 6.81. The van der Waals surface area contributed by atoms with E-state index in [-0.39, 0.29) is 10.8 Å². The van der Waals surface area contributed by atoms with E-state index >= 15 is 0 Å². The van der Waals surface area contributed by atoms with Crippen molar-refractivity contribution in [2.24, 2.45) is 5.41 Å². The third-order valence-electron chi connectivity index (χ3n) is 9.61. The van der Waals surface area contributed by atoms with Gasteiger partial charge in [-0.3, -0.25) is 4.57 Å². The molecule has 4 aromatic carbocycles. The first-order valence-electron chi connectivity index (χ1n) is 16.9. The Bertz CT molecular complexity index is 2210. The Morgan fingerprint density at radius 1 is 0.646 bits per heavy atom. The number of para-hydroxylation sites is 1. The van der Waals surface area contributed by atoms with E-state index in [1.54, 1.807) is 0 Å². The number of hydrogen-bond donors (Lipinski definition) is 0. The topological polar surface area (TPSA) is 33.5 Å². The number of fused-ring (bicyclic) bond motifs is 3. The molecule has 0 bridgehead atoms. The van der Waals surface area contributed by atoms with Crippen molar-refractivity contribution in [1.82, 2.24) is 9.55 Å². The van der Waals surface area contributed by atoms with Gasteiger partial charge in [-0.1, -0.05) is 71.9 Å². The maximum Gasteiger partial charge on any atom is 0.137 e. The number of rotatable bonds is 5. The number of anilines is 2. The molecule has 0 N–H and O–H groups in total. The molecule has 0 unspecified atom stereocenters. The van der Waals surface area contributed by atoms with Crippen LogP contribution in [0.5, 0.6) is 11.5 Å². The predicted octanol–water partition coefficient (Wildman–Crippen LogP) is 11.4. The summed E-state index contributed by atoms with van der Waals surface area (Å²) < 4.78 is 8.87. The zero-order valence-electron chi connectivity index (χ0n) is 29.7. The smallest absolute Gasteiger partial charge is 0.137 e. The van der Waals surface area contributed by atoms with Crippen molar-refractivity contribution in [3.05, 3.63) is 131 Å². The lowest BCUT2D eigenvalue weighted by Crippen LogP contribution is -2.31. The Morgan fingerprint density at radius 3 is 2.15 bits per heavy atom. The van der Waals surface area contributed by atoms with Gasteiger partial charge in [0.05, 0.1) is 17.7 Å².